The fourth-order valence-corrected chi connectivity index (χ4v) is 3.28. The summed E-state index contributed by atoms with van der Waals surface area (Å²) in [6.07, 6.45) is 0. The molecule has 3 aromatic rings. The molecule has 3 rings (SSSR count). The number of carbonyl (C=O) groups is 2. The molecule has 2 N–H and O–H groups in total. The number of anilines is 1. The molecule has 1 aromatic heterocycles. The average molecular weight is 398 g/mol. The molecule has 8 heteroatoms. The lowest BCUT2D eigenvalue weighted by atomic mass is 10.1. The smallest absolute Gasteiger partial charge is 0.341 e. The molecule has 0 unspecified atom stereocenters. The molecule has 0 aliphatic carbocycles. The highest BCUT2D eigenvalue weighted by atomic mass is 32.1. The number of ether oxygens (including phenoxy) is 2. The van der Waals surface area contributed by atoms with Crippen LogP contribution in [0.4, 0.5) is 5.69 Å². The van der Waals surface area contributed by atoms with Crippen molar-refractivity contribution in [3.63, 3.8) is 0 Å². The van der Waals surface area contributed by atoms with Crippen molar-refractivity contribution < 1.29 is 24.2 Å². The Balaban J connectivity index is 1.77. The minimum atomic E-state index is -0.694. The summed E-state index contributed by atoms with van der Waals surface area (Å²) >= 11 is 1.33. The number of para-hydroxylation sites is 1. The van der Waals surface area contributed by atoms with Crippen molar-refractivity contribution in [2.45, 2.75) is 6.92 Å². The van der Waals surface area contributed by atoms with Gasteiger partial charge >= 0.3 is 5.97 Å². The van der Waals surface area contributed by atoms with E-state index in [9.17, 15) is 14.7 Å². The van der Waals surface area contributed by atoms with Gasteiger partial charge in [0.25, 0.3) is 5.91 Å². The number of amides is 1. The maximum Gasteiger partial charge on any atom is 0.341 e. The van der Waals surface area contributed by atoms with E-state index in [0.29, 0.717) is 11.6 Å². The van der Waals surface area contributed by atoms with Crippen molar-refractivity contribution in [3.8, 4) is 22.1 Å². The number of esters is 1. The Hall–Kier alpha value is -3.39. The molecule has 0 bridgehead atoms. The van der Waals surface area contributed by atoms with Gasteiger partial charge in [0.1, 0.15) is 22.0 Å². The van der Waals surface area contributed by atoms with E-state index in [1.807, 2.05) is 31.2 Å². The maximum atomic E-state index is 12.5. The number of rotatable bonds is 6. The van der Waals surface area contributed by atoms with Crippen LogP contribution in [0.25, 0.3) is 10.6 Å². The quantitative estimate of drug-likeness (QED) is 0.482. The summed E-state index contributed by atoms with van der Waals surface area (Å²) < 4.78 is 10.0. The summed E-state index contributed by atoms with van der Waals surface area (Å²) in [5, 5.41) is 15.1. The van der Waals surface area contributed by atoms with Crippen LogP contribution in [0.1, 0.15) is 27.8 Å². The van der Waals surface area contributed by atoms with E-state index in [1.54, 1.807) is 5.38 Å². The second-order valence-corrected chi connectivity index (χ2v) is 6.50. The molecule has 1 amide bonds. The number of phenolic OH excluding ortho intramolecular Hbond substituents is 1. The monoisotopic (exact) mass is 398 g/mol. The molecule has 0 saturated heterocycles. The summed E-state index contributed by atoms with van der Waals surface area (Å²) in [5.74, 6) is -0.780. The number of hydrogen-bond acceptors (Lipinski definition) is 7. The van der Waals surface area contributed by atoms with Crippen molar-refractivity contribution in [1.82, 2.24) is 4.98 Å². The zero-order chi connectivity index (χ0) is 20.1. The second-order valence-electron chi connectivity index (χ2n) is 5.64. The van der Waals surface area contributed by atoms with E-state index >= 15 is 0 Å². The highest BCUT2D eigenvalue weighted by Crippen LogP contribution is 2.30. The van der Waals surface area contributed by atoms with E-state index in [4.69, 9.17) is 4.74 Å². The number of nitrogens with one attached hydrogen (secondary N) is 1. The number of nitrogens with zero attached hydrogens (tertiary/aromatic N) is 1. The van der Waals surface area contributed by atoms with E-state index in [-0.39, 0.29) is 22.7 Å². The third-order valence-electron chi connectivity index (χ3n) is 3.84. The molecule has 0 saturated carbocycles. The van der Waals surface area contributed by atoms with Crippen LogP contribution >= 0.6 is 11.3 Å². The van der Waals surface area contributed by atoms with Crippen LogP contribution in [-0.2, 0) is 4.74 Å². The number of thiazole rings is 1. The lowest BCUT2D eigenvalue weighted by molar-refractivity contribution is 0.0597. The highest BCUT2D eigenvalue weighted by molar-refractivity contribution is 7.13. The minimum Gasteiger partial charge on any atom is -0.505 e. The fraction of sp³-hybridized carbons (Fsp3) is 0.150. The molecule has 0 fully saturated rings. The highest BCUT2D eigenvalue weighted by Gasteiger charge is 2.18. The van der Waals surface area contributed by atoms with Gasteiger partial charge < -0.3 is 19.9 Å². The summed E-state index contributed by atoms with van der Waals surface area (Å²) in [6, 6.07) is 11.9. The number of hydrogen-bond donors (Lipinski definition) is 2. The summed E-state index contributed by atoms with van der Waals surface area (Å²) in [4.78, 5) is 28.5. The van der Waals surface area contributed by atoms with Crippen molar-refractivity contribution in [2.24, 2.45) is 0 Å². The van der Waals surface area contributed by atoms with E-state index in [0.717, 1.165) is 11.3 Å². The molecule has 28 heavy (non-hydrogen) atoms. The van der Waals surface area contributed by atoms with Crippen LogP contribution in [0.2, 0.25) is 0 Å². The topological polar surface area (TPSA) is 97.8 Å². The SMILES string of the molecule is CCOc1ccc(-c2nc(C(=O)Nc3cccc(C(=O)OC)c3O)cs2)cc1. The van der Waals surface area contributed by atoms with Gasteiger partial charge in [-0.05, 0) is 43.3 Å². The number of aromatic nitrogens is 1. The zero-order valence-corrected chi connectivity index (χ0v) is 16.1. The Bertz CT molecular complexity index is 998. The third kappa shape index (κ3) is 4.12. The molecule has 0 aliphatic rings. The van der Waals surface area contributed by atoms with Crippen LogP contribution in [-0.4, -0.2) is 35.7 Å². The first-order valence-corrected chi connectivity index (χ1v) is 9.31. The first-order valence-electron chi connectivity index (χ1n) is 8.44. The standard InChI is InChI=1S/C20H18N2O5S/c1-3-27-13-9-7-12(8-10-13)19-22-16(11-28-19)18(24)21-15-6-4-5-14(17(15)23)20(25)26-2/h4-11,23H,3H2,1-2H3,(H,21,24). The van der Waals surface area contributed by atoms with Gasteiger partial charge in [-0.15, -0.1) is 11.3 Å². The summed E-state index contributed by atoms with van der Waals surface area (Å²) in [5.41, 5.74) is 1.14. The van der Waals surface area contributed by atoms with Crippen LogP contribution in [0, 0.1) is 0 Å². The number of carbonyl (C=O) groups excluding carboxylic acids is 2. The van der Waals surface area contributed by atoms with Crippen LogP contribution in [0.15, 0.2) is 47.8 Å². The summed E-state index contributed by atoms with van der Waals surface area (Å²) in [6.45, 7) is 2.50. The molecule has 144 valence electrons. The maximum absolute atomic E-state index is 12.5. The normalized spacial score (nSPS) is 10.4. The first-order chi connectivity index (χ1) is 13.5. The second kappa shape index (κ2) is 8.53. The molecule has 0 atom stereocenters. The zero-order valence-electron chi connectivity index (χ0n) is 15.3. The van der Waals surface area contributed by atoms with Gasteiger partial charge in [-0.25, -0.2) is 9.78 Å². The molecule has 2 aromatic carbocycles. The van der Waals surface area contributed by atoms with Gasteiger partial charge in [-0.2, -0.15) is 0 Å². The molecular weight excluding hydrogens is 380 g/mol. The van der Waals surface area contributed by atoms with Crippen LogP contribution in [0.3, 0.4) is 0 Å². The third-order valence-corrected chi connectivity index (χ3v) is 4.73. The Labute approximate surface area is 165 Å². The molecule has 7 nitrogen and oxygen atoms in total. The fourth-order valence-electron chi connectivity index (χ4n) is 2.48. The predicted octanol–water partition coefficient (Wildman–Crippen LogP) is 3.95. The van der Waals surface area contributed by atoms with Crippen molar-refractivity contribution in [2.75, 3.05) is 19.0 Å². The van der Waals surface area contributed by atoms with E-state index in [2.05, 4.69) is 15.0 Å². The number of methoxy groups -OCH3 is 1. The number of benzene rings is 2. The minimum absolute atomic E-state index is 0.0337. The number of aromatic hydroxyl groups is 1. The Morgan fingerprint density at radius 3 is 2.61 bits per heavy atom. The van der Waals surface area contributed by atoms with Gasteiger partial charge in [-0.1, -0.05) is 6.07 Å². The van der Waals surface area contributed by atoms with Crippen LogP contribution in [0.5, 0.6) is 11.5 Å². The Morgan fingerprint density at radius 2 is 1.93 bits per heavy atom. The molecular formula is C20H18N2O5S. The van der Waals surface area contributed by atoms with Gasteiger partial charge in [-0.3, -0.25) is 4.79 Å². The van der Waals surface area contributed by atoms with E-state index in [1.165, 1.54) is 36.6 Å². The van der Waals surface area contributed by atoms with Crippen LogP contribution < -0.4 is 10.1 Å². The lowest BCUT2D eigenvalue weighted by Crippen LogP contribution is -2.13. The van der Waals surface area contributed by atoms with Gasteiger partial charge in [0.15, 0.2) is 5.75 Å². The predicted molar refractivity (Wildman–Crippen MR) is 106 cm³/mol. The Morgan fingerprint density at radius 1 is 1.18 bits per heavy atom. The largest absolute Gasteiger partial charge is 0.505 e. The molecule has 0 aliphatic heterocycles. The van der Waals surface area contributed by atoms with Gasteiger partial charge in [0.05, 0.1) is 19.4 Å². The number of phenols is 1. The lowest BCUT2D eigenvalue weighted by Gasteiger charge is -2.09. The molecule has 1 heterocycles. The molecule has 0 spiro atoms. The Kier molecular flexibility index (Phi) is 5.90. The summed E-state index contributed by atoms with van der Waals surface area (Å²) in [7, 11) is 1.21. The van der Waals surface area contributed by atoms with Crippen molar-refractivity contribution >= 4 is 28.9 Å². The van der Waals surface area contributed by atoms with Crippen molar-refractivity contribution in [1.29, 1.82) is 0 Å². The van der Waals surface area contributed by atoms with Gasteiger partial charge in [0, 0.05) is 10.9 Å². The first kappa shape index (κ1) is 19.4. The van der Waals surface area contributed by atoms with E-state index < -0.39 is 11.9 Å². The average Bonchev–Trinajstić information content (AvgIpc) is 3.20. The molecule has 0 radical (unpaired) electrons. The van der Waals surface area contributed by atoms with Gasteiger partial charge in [0.2, 0.25) is 0 Å². The van der Waals surface area contributed by atoms with Crippen molar-refractivity contribution in [3.05, 3.63) is 59.1 Å².